The molecule has 1 unspecified atom stereocenters. The van der Waals surface area contributed by atoms with Crippen LogP contribution in [0.2, 0.25) is 0 Å². The van der Waals surface area contributed by atoms with Crippen LogP contribution in [0, 0.1) is 17.5 Å². The van der Waals surface area contributed by atoms with E-state index in [1.54, 1.807) is 24.3 Å². The lowest BCUT2D eigenvalue weighted by molar-refractivity contribution is 0.212. The predicted octanol–water partition coefficient (Wildman–Crippen LogP) is 3.75. The van der Waals surface area contributed by atoms with E-state index < -0.39 is 23.6 Å². The van der Waals surface area contributed by atoms with Crippen LogP contribution in [0.5, 0.6) is 0 Å². The standard InChI is InChI=1S/C15H13F3O/c1-2-9-3-5-10(6-4-9)15(19)11-7-8-12(16)14(18)13(11)17/h3-8,15,19H,2H2,1H3. The number of aryl methyl sites for hydroxylation is 1. The number of hydrogen-bond donors (Lipinski definition) is 1. The highest BCUT2D eigenvalue weighted by molar-refractivity contribution is 5.33. The van der Waals surface area contributed by atoms with Crippen molar-refractivity contribution in [2.75, 3.05) is 0 Å². The number of aliphatic hydroxyl groups excluding tert-OH is 1. The van der Waals surface area contributed by atoms with E-state index >= 15 is 0 Å². The third-order valence-electron chi connectivity index (χ3n) is 3.06. The van der Waals surface area contributed by atoms with Crippen LogP contribution in [0.4, 0.5) is 13.2 Å². The van der Waals surface area contributed by atoms with Gasteiger partial charge in [0.25, 0.3) is 0 Å². The number of halogens is 3. The van der Waals surface area contributed by atoms with Gasteiger partial charge in [-0.25, -0.2) is 13.2 Å². The summed E-state index contributed by atoms with van der Waals surface area (Å²) in [4.78, 5) is 0. The lowest BCUT2D eigenvalue weighted by Gasteiger charge is -2.13. The van der Waals surface area contributed by atoms with Crippen molar-refractivity contribution in [3.63, 3.8) is 0 Å². The summed E-state index contributed by atoms with van der Waals surface area (Å²) < 4.78 is 39.5. The Bertz CT molecular complexity index is 579. The highest BCUT2D eigenvalue weighted by Gasteiger charge is 2.20. The largest absolute Gasteiger partial charge is 0.384 e. The fourth-order valence-electron chi connectivity index (χ4n) is 1.87. The van der Waals surface area contributed by atoms with Crippen molar-refractivity contribution in [2.24, 2.45) is 0 Å². The van der Waals surface area contributed by atoms with Gasteiger partial charge in [0.2, 0.25) is 0 Å². The van der Waals surface area contributed by atoms with Crippen molar-refractivity contribution in [1.29, 1.82) is 0 Å². The molecule has 0 aliphatic rings. The van der Waals surface area contributed by atoms with Crippen molar-refractivity contribution in [2.45, 2.75) is 19.4 Å². The summed E-state index contributed by atoms with van der Waals surface area (Å²) in [5.74, 6) is -4.19. The van der Waals surface area contributed by atoms with Gasteiger partial charge in [-0.15, -0.1) is 0 Å². The monoisotopic (exact) mass is 266 g/mol. The van der Waals surface area contributed by atoms with Gasteiger partial charge in [-0.05, 0) is 23.6 Å². The van der Waals surface area contributed by atoms with Crippen LogP contribution in [-0.2, 0) is 6.42 Å². The van der Waals surface area contributed by atoms with Crippen molar-refractivity contribution >= 4 is 0 Å². The topological polar surface area (TPSA) is 20.2 Å². The lowest BCUT2D eigenvalue weighted by Crippen LogP contribution is -2.05. The van der Waals surface area contributed by atoms with Crippen molar-refractivity contribution in [3.8, 4) is 0 Å². The molecule has 0 amide bonds. The minimum Gasteiger partial charge on any atom is -0.384 e. The van der Waals surface area contributed by atoms with E-state index in [1.807, 2.05) is 6.92 Å². The van der Waals surface area contributed by atoms with Gasteiger partial charge >= 0.3 is 0 Å². The Labute approximate surface area is 109 Å². The smallest absolute Gasteiger partial charge is 0.194 e. The number of aliphatic hydroxyl groups is 1. The first-order valence-electron chi connectivity index (χ1n) is 5.95. The zero-order chi connectivity index (χ0) is 14.0. The number of rotatable bonds is 3. The molecule has 2 aromatic carbocycles. The van der Waals surface area contributed by atoms with Gasteiger partial charge in [-0.3, -0.25) is 0 Å². The molecule has 0 saturated carbocycles. The van der Waals surface area contributed by atoms with Crippen LogP contribution in [-0.4, -0.2) is 5.11 Å². The zero-order valence-electron chi connectivity index (χ0n) is 10.3. The van der Waals surface area contributed by atoms with E-state index in [-0.39, 0.29) is 5.56 Å². The SMILES string of the molecule is CCc1ccc(C(O)c2ccc(F)c(F)c2F)cc1. The highest BCUT2D eigenvalue weighted by atomic mass is 19.2. The molecule has 0 aromatic heterocycles. The summed E-state index contributed by atoms with van der Waals surface area (Å²) in [5.41, 5.74) is 1.23. The molecule has 0 heterocycles. The molecular formula is C15H13F3O. The summed E-state index contributed by atoms with van der Waals surface area (Å²) in [6.07, 6.45) is -0.475. The number of hydrogen-bond acceptors (Lipinski definition) is 1. The molecule has 1 N–H and O–H groups in total. The molecule has 1 atom stereocenters. The average Bonchev–Trinajstić information content (AvgIpc) is 2.44. The molecule has 4 heteroatoms. The van der Waals surface area contributed by atoms with Crippen molar-refractivity contribution < 1.29 is 18.3 Å². The second-order valence-corrected chi connectivity index (χ2v) is 4.26. The van der Waals surface area contributed by atoms with Crippen LogP contribution in [0.1, 0.15) is 29.7 Å². The minimum absolute atomic E-state index is 0.275. The molecule has 19 heavy (non-hydrogen) atoms. The third-order valence-corrected chi connectivity index (χ3v) is 3.06. The Kier molecular flexibility index (Phi) is 3.90. The van der Waals surface area contributed by atoms with Crippen molar-refractivity contribution in [1.82, 2.24) is 0 Å². The summed E-state index contributed by atoms with van der Waals surface area (Å²) in [7, 11) is 0. The van der Waals surface area contributed by atoms with Gasteiger partial charge < -0.3 is 5.11 Å². The summed E-state index contributed by atoms with van der Waals surface area (Å²) in [6.45, 7) is 1.99. The van der Waals surface area contributed by atoms with Crippen LogP contribution in [0.25, 0.3) is 0 Å². The molecule has 1 nitrogen and oxygen atoms in total. The fourth-order valence-corrected chi connectivity index (χ4v) is 1.87. The first-order chi connectivity index (χ1) is 9.04. The molecular weight excluding hydrogens is 253 g/mol. The van der Waals surface area contributed by atoms with E-state index in [0.29, 0.717) is 5.56 Å². The van der Waals surface area contributed by atoms with Crippen LogP contribution in [0.3, 0.4) is 0 Å². The summed E-state index contributed by atoms with van der Waals surface area (Å²) in [6, 6.07) is 8.74. The van der Waals surface area contributed by atoms with Crippen molar-refractivity contribution in [3.05, 3.63) is 70.5 Å². The van der Waals surface area contributed by atoms with Crippen LogP contribution >= 0.6 is 0 Å². The molecule has 0 aliphatic heterocycles. The molecule has 2 aromatic rings. The Balaban J connectivity index is 2.38. The minimum atomic E-state index is -1.57. The summed E-state index contributed by atoms with van der Waals surface area (Å²) >= 11 is 0. The molecule has 0 spiro atoms. The fraction of sp³-hybridized carbons (Fsp3) is 0.200. The van der Waals surface area contributed by atoms with E-state index in [4.69, 9.17) is 0 Å². The molecule has 0 aliphatic carbocycles. The van der Waals surface area contributed by atoms with Gasteiger partial charge in [0.05, 0.1) is 0 Å². The van der Waals surface area contributed by atoms with Crippen LogP contribution in [0.15, 0.2) is 36.4 Å². The maximum Gasteiger partial charge on any atom is 0.194 e. The average molecular weight is 266 g/mol. The van der Waals surface area contributed by atoms with Crippen LogP contribution < -0.4 is 0 Å². The molecule has 0 saturated heterocycles. The first-order valence-corrected chi connectivity index (χ1v) is 5.95. The maximum atomic E-state index is 13.6. The van der Waals surface area contributed by atoms with E-state index in [1.165, 1.54) is 0 Å². The zero-order valence-corrected chi connectivity index (χ0v) is 10.3. The second kappa shape index (κ2) is 5.45. The van der Waals surface area contributed by atoms with Gasteiger partial charge in [-0.2, -0.15) is 0 Å². The Morgan fingerprint density at radius 1 is 0.947 bits per heavy atom. The lowest BCUT2D eigenvalue weighted by atomic mass is 9.99. The Hall–Kier alpha value is -1.81. The maximum absolute atomic E-state index is 13.6. The van der Waals surface area contributed by atoms with Gasteiger partial charge in [0, 0.05) is 5.56 Å². The highest BCUT2D eigenvalue weighted by Crippen LogP contribution is 2.26. The molecule has 0 bridgehead atoms. The Morgan fingerprint density at radius 2 is 1.58 bits per heavy atom. The molecule has 0 radical (unpaired) electrons. The summed E-state index contributed by atoms with van der Waals surface area (Å²) in [5, 5.41) is 10.0. The quantitative estimate of drug-likeness (QED) is 0.839. The molecule has 2 rings (SSSR count). The van der Waals surface area contributed by atoms with Gasteiger partial charge in [0.15, 0.2) is 17.5 Å². The number of benzene rings is 2. The Morgan fingerprint density at radius 3 is 2.16 bits per heavy atom. The second-order valence-electron chi connectivity index (χ2n) is 4.26. The van der Waals surface area contributed by atoms with E-state index in [2.05, 4.69) is 0 Å². The normalized spacial score (nSPS) is 12.5. The third kappa shape index (κ3) is 2.63. The van der Waals surface area contributed by atoms with E-state index in [0.717, 1.165) is 24.1 Å². The predicted molar refractivity (Wildman–Crippen MR) is 66.2 cm³/mol. The van der Waals surface area contributed by atoms with Gasteiger partial charge in [0.1, 0.15) is 6.10 Å². The van der Waals surface area contributed by atoms with E-state index in [9.17, 15) is 18.3 Å². The first kappa shape index (κ1) is 13.6. The molecule has 100 valence electrons. The van der Waals surface area contributed by atoms with Gasteiger partial charge in [-0.1, -0.05) is 37.3 Å². The molecule has 0 fully saturated rings.